The van der Waals surface area contributed by atoms with Crippen molar-refractivity contribution in [2.45, 2.75) is 6.04 Å². The van der Waals surface area contributed by atoms with Gasteiger partial charge in [-0.05, 0) is 22.4 Å². The number of aldehydes is 1. The predicted molar refractivity (Wildman–Crippen MR) is 47.6 cm³/mol. The maximum Gasteiger partial charge on any atom is 0.141 e. The minimum Gasteiger partial charge on any atom is -0.318 e. The lowest BCUT2D eigenvalue weighted by atomic mass is 10.2. The molecule has 0 fully saturated rings. The highest BCUT2D eigenvalue weighted by Gasteiger charge is 2.01. The summed E-state index contributed by atoms with van der Waals surface area (Å²) in [7, 11) is 0. The van der Waals surface area contributed by atoms with E-state index in [-0.39, 0.29) is 17.0 Å². The zero-order chi connectivity index (χ0) is 6.69. The first-order valence-electron chi connectivity index (χ1n) is 2.57. The number of carbonyl (C=O) groups excluding carboxylic acids is 1. The molecule has 1 heterocycles. The third kappa shape index (κ3) is 2.21. The second-order valence-corrected chi connectivity index (χ2v) is 2.50. The summed E-state index contributed by atoms with van der Waals surface area (Å²) < 4.78 is 0. The van der Waals surface area contributed by atoms with E-state index in [0.29, 0.717) is 0 Å². The second-order valence-electron chi connectivity index (χ2n) is 1.72. The van der Waals surface area contributed by atoms with Gasteiger partial charge in [0.2, 0.25) is 0 Å². The fourth-order valence-electron chi connectivity index (χ4n) is 0.543. The number of rotatable bonds is 2. The molecule has 4 heteroatoms. The molecule has 2 N–H and O–H groups in total. The molecule has 56 valence electrons. The third-order valence-electron chi connectivity index (χ3n) is 1.07. The van der Waals surface area contributed by atoms with Crippen LogP contribution in [-0.4, -0.2) is 6.29 Å². The van der Waals surface area contributed by atoms with Crippen LogP contribution in [0.15, 0.2) is 16.8 Å². The van der Waals surface area contributed by atoms with E-state index in [0.717, 1.165) is 11.8 Å². The molecule has 0 aliphatic heterocycles. The van der Waals surface area contributed by atoms with Crippen LogP contribution >= 0.6 is 28.3 Å². The number of thiophene rings is 1. The van der Waals surface area contributed by atoms with Crippen LogP contribution in [0.1, 0.15) is 11.6 Å². The van der Waals surface area contributed by atoms with Crippen LogP contribution in [0.3, 0.4) is 0 Å². The Kier molecular flexibility index (Phi) is 4.51. The van der Waals surface area contributed by atoms with E-state index in [1.165, 1.54) is 0 Å². The van der Waals surface area contributed by atoms with Crippen LogP contribution in [0.2, 0.25) is 0 Å². The molecule has 1 unspecified atom stereocenters. The molecular formula is C6H8BrNOS. The normalized spacial score (nSPS) is 11.7. The average Bonchev–Trinajstić information content (AvgIpc) is 2.37. The maximum atomic E-state index is 10.1. The SMILES string of the molecule is Br.NC(C=O)c1ccsc1. The van der Waals surface area contributed by atoms with Gasteiger partial charge in [0.1, 0.15) is 6.29 Å². The van der Waals surface area contributed by atoms with Crippen LogP contribution in [0.25, 0.3) is 0 Å². The Bertz CT molecular complexity index is 188. The highest BCUT2D eigenvalue weighted by atomic mass is 79.9. The summed E-state index contributed by atoms with van der Waals surface area (Å²) >= 11 is 1.54. The van der Waals surface area contributed by atoms with Crippen molar-refractivity contribution >= 4 is 34.6 Å². The van der Waals surface area contributed by atoms with Crippen LogP contribution in [0.4, 0.5) is 0 Å². The molecule has 0 aliphatic rings. The van der Waals surface area contributed by atoms with Gasteiger partial charge < -0.3 is 10.5 Å². The molecule has 0 radical (unpaired) electrons. The van der Waals surface area contributed by atoms with Gasteiger partial charge >= 0.3 is 0 Å². The molecular weight excluding hydrogens is 214 g/mol. The highest BCUT2D eigenvalue weighted by molar-refractivity contribution is 8.93. The van der Waals surface area contributed by atoms with Crippen molar-refractivity contribution in [1.82, 2.24) is 0 Å². The Hall–Kier alpha value is -0.190. The molecule has 0 aromatic carbocycles. The maximum absolute atomic E-state index is 10.1. The quantitative estimate of drug-likeness (QED) is 0.771. The smallest absolute Gasteiger partial charge is 0.141 e. The molecule has 1 aromatic heterocycles. The monoisotopic (exact) mass is 221 g/mol. The Morgan fingerprint density at radius 2 is 2.40 bits per heavy atom. The summed E-state index contributed by atoms with van der Waals surface area (Å²) in [6.45, 7) is 0. The van der Waals surface area contributed by atoms with Crippen molar-refractivity contribution in [3.8, 4) is 0 Å². The number of halogens is 1. The molecule has 10 heavy (non-hydrogen) atoms. The molecule has 1 aromatic rings. The molecule has 0 amide bonds. The zero-order valence-electron chi connectivity index (χ0n) is 5.19. The van der Waals surface area contributed by atoms with Crippen molar-refractivity contribution in [2.24, 2.45) is 5.73 Å². The van der Waals surface area contributed by atoms with E-state index in [4.69, 9.17) is 5.73 Å². The van der Waals surface area contributed by atoms with Gasteiger partial charge in [0.15, 0.2) is 0 Å². The van der Waals surface area contributed by atoms with Crippen molar-refractivity contribution in [1.29, 1.82) is 0 Å². The fraction of sp³-hybridized carbons (Fsp3) is 0.167. The van der Waals surface area contributed by atoms with Crippen LogP contribution < -0.4 is 5.73 Å². The fourth-order valence-corrected chi connectivity index (χ4v) is 1.25. The standard InChI is InChI=1S/C6H7NOS.BrH/c7-6(3-8)5-1-2-9-4-5;/h1-4,6H,7H2;1H. The molecule has 0 saturated carbocycles. The van der Waals surface area contributed by atoms with Gasteiger partial charge in [-0.25, -0.2) is 0 Å². The van der Waals surface area contributed by atoms with E-state index in [1.54, 1.807) is 11.3 Å². The number of nitrogens with two attached hydrogens (primary N) is 1. The van der Waals surface area contributed by atoms with E-state index < -0.39 is 6.04 Å². The molecule has 0 spiro atoms. The van der Waals surface area contributed by atoms with Crippen LogP contribution in [-0.2, 0) is 4.79 Å². The van der Waals surface area contributed by atoms with E-state index >= 15 is 0 Å². The summed E-state index contributed by atoms with van der Waals surface area (Å²) in [5, 5.41) is 3.78. The first kappa shape index (κ1) is 9.81. The molecule has 0 bridgehead atoms. The first-order valence-corrected chi connectivity index (χ1v) is 3.52. The first-order chi connectivity index (χ1) is 4.34. The van der Waals surface area contributed by atoms with Crippen LogP contribution in [0.5, 0.6) is 0 Å². The van der Waals surface area contributed by atoms with Crippen molar-refractivity contribution in [3.05, 3.63) is 22.4 Å². The molecule has 1 atom stereocenters. The van der Waals surface area contributed by atoms with E-state index in [2.05, 4.69) is 0 Å². The van der Waals surface area contributed by atoms with Gasteiger partial charge in [0.25, 0.3) is 0 Å². The summed E-state index contributed by atoms with van der Waals surface area (Å²) in [5.74, 6) is 0. The van der Waals surface area contributed by atoms with Gasteiger partial charge in [0, 0.05) is 0 Å². The van der Waals surface area contributed by atoms with Crippen molar-refractivity contribution < 1.29 is 4.79 Å². The molecule has 0 saturated heterocycles. The topological polar surface area (TPSA) is 43.1 Å². The molecule has 1 rings (SSSR count). The lowest BCUT2D eigenvalue weighted by Crippen LogP contribution is -2.09. The summed E-state index contributed by atoms with van der Waals surface area (Å²) in [6.07, 6.45) is 0.738. The Morgan fingerprint density at radius 3 is 2.80 bits per heavy atom. The van der Waals surface area contributed by atoms with Crippen molar-refractivity contribution in [3.63, 3.8) is 0 Å². The molecule has 2 nitrogen and oxygen atoms in total. The van der Waals surface area contributed by atoms with Gasteiger partial charge in [0.05, 0.1) is 6.04 Å². The third-order valence-corrected chi connectivity index (χ3v) is 1.78. The van der Waals surface area contributed by atoms with Crippen molar-refractivity contribution in [2.75, 3.05) is 0 Å². The average molecular weight is 222 g/mol. The van der Waals surface area contributed by atoms with Gasteiger partial charge in [-0.1, -0.05) is 0 Å². The minimum atomic E-state index is -0.434. The summed E-state index contributed by atoms with van der Waals surface area (Å²) in [5.41, 5.74) is 6.28. The lowest BCUT2D eigenvalue weighted by Gasteiger charge is -1.95. The zero-order valence-corrected chi connectivity index (χ0v) is 7.72. The summed E-state index contributed by atoms with van der Waals surface area (Å²) in [4.78, 5) is 10.1. The Balaban J connectivity index is 0.000000810. The Labute approximate surface area is 73.8 Å². The largest absolute Gasteiger partial charge is 0.318 e. The minimum absolute atomic E-state index is 0. The van der Waals surface area contributed by atoms with Crippen LogP contribution in [0, 0.1) is 0 Å². The number of hydrogen-bond acceptors (Lipinski definition) is 3. The Morgan fingerprint density at radius 1 is 1.70 bits per heavy atom. The lowest BCUT2D eigenvalue weighted by molar-refractivity contribution is -0.109. The second kappa shape index (κ2) is 4.60. The van der Waals surface area contributed by atoms with E-state index in [1.807, 2.05) is 16.8 Å². The highest BCUT2D eigenvalue weighted by Crippen LogP contribution is 2.11. The molecule has 0 aliphatic carbocycles. The van der Waals surface area contributed by atoms with Gasteiger partial charge in [-0.2, -0.15) is 11.3 Å². The van der Waals surface area contributed by atoms with Gasteiger partial charge in [-0.3, -0.25) is 0 Å². The predicted octanol–water partition coefficient (Wildman–Crippen LogP) is 1.52. The summed E-state index contributed by atoms with van der Waals surface area (Å²) in [6, 6.07) is 1.42. The van der Waals surface area contributed by atoms with E-state index in [9.17, 15) is 4.79 Å². The number of hydrogen-bond donors (Lipinski definition) is 1. The number of carbonyl (C=O) groups is 1. The van der Waals surface area contributed by atoms with Gasteiger partial charge in [-0.15, -0.1) is 17.0 Å².